The summed E-state index contributed by atoms with van der Waals surface area (Å²) in [6.07, 6.45) is 4.94. The fourth-order valence-corrected chi connectivity index (χ4v) is 1.20. The van der Waals surface area contributed by atoms with Crippen molar-refractivity contribution < 1.29 is 4.79 Å². The minimum atomic E-state index is -0.162. The lowest BCUT2D eigenvalue weighted by Gasteiger charge is -2.10. The van der Waals surface area contributed by atoms with E-state index in [0.29, 0.717) is 18.2 Å². The van der Waals surface area contributed by atoms with Crippen LogP contribution in [0, 0.1) is 0 Å². The number of hydrogen-bond acceptors (Lipinski definition) is 3. The van der Waals surface area contributed by atoms with Gasteiger partial charge in [0.25, 0.3) is 0 Å². The van der Waals surface area contributed by atoms with Gasteiger partial charge in [-0.1, -0.05) is 6.08 Å². The Labute approximate surface area is 129 Å². The maximum atomic E-state index is 11.6. The number of pyridine rings is 1. The van der Waals surface area contributed by atoms with Crippen LogP contribution in [0.5, 0.6) is 0 Å². The number of carbonyl (C=O) groups excluding carboxylic acids is 1. The third-order valence-electron chi connectivity index (χ3n) is 2.00. The number of halogens is 1. The minimum Gasteiger partial charge on any atom is -0.353 e. The van der Waals surface area contributed by atoms with Gasteiger partial charge < -0.3 is 16.0 Å². The monoisotopic (exact) mass is 375 g/mol. The van der Waals surface area contributed by atoms with E-state index in [0.717, 1.165) is 0 Å². The molecule has 0 fully saturated rings. The average molecular weight is 375 g/mol. The molecule has 0 bridgehead atoms. The number of guanidine groups is 1. The molecule has 0 aliphatic carbocycles. The molecule has 104 valence electrons. The highest BCUT2D eigenvalue weighted by molar-refractivity contribution is 14.0. The Hall–Kier alpha value is -1.64. The summed E-state index contributed by atoms with van der Waals surface area (Å²) in [5.41, 5.74) is 0.665. The maximum absolute atomic E-state index is 11.6. The van der Waals surface area contributed by atoms with Crippen LogP contribution in [-0.2, 0) is 4.79 Å². The molecule has 0 radical (unpaired) electrons. The molecule has 7 heteroatoms. The van der Waals surface area contributed by atoms with Crippen LogP contribution in [0.3, 0.4) is 0 Å². The molecule has 0 spiro atoms. The van der Waals surface area contributed by atoms with Gasteiger partial charge in [0.15, 0.2) is 5.96 Å². The highest BCUT2D eigenvalue weighted by Gasteiger charge is 2.03. The molecular formula is C12H18IN5O. The van der Waals surface area contributed by atoms with Crippen LogP contribution in [0.25, 0.3) is 0 Å². The van der Waals surface area contributed by atoms with E-state index in [2.05, 4.69) is 32.5 Å². The Balaban J connectivity index is 0.00000324. The van der Waals surface area contributed by atoms with E-state index in [1.165, 1.54) is 0 Å². The van der Waals surface area contributed by atoms with Gasteiger partial charge in [-0.2, -0.15) is 0 Å². The predicted octanol–water partition coefficient (Wildman–Crippen LogP) is 0.989. The summed E-state index contributed by atoms with van der Waals surface area (Å²) in [7, 11) is 1.64. The Kier molecular flexibility index (Phi) is 9.41. The first-order valence-electron chi connectivity index (χ1n) is 5.51. The first-order chi connectivity index (χ1) is 8.76. The van der Waals surface area contributed by atoms with Crippen LogP contribution in [-0.4, -0.2) is 37.0 Å². The van der Waals surface area contributed by atoms with Crippen molar-refractivity contribution in [3.05, 3.63) is 37.2 Å². The summed E-state index contributed by atoms with van der Waals surface area (Å²) in [5.74, 6) is 0.390. The number of anilines is 1. The fraction of sp³-hybridized carbons (Fsp3) is 0.250. The molecule has 1 aromatic heterocycles. The van der Waals surface area contributed by atoms with Crippen LogP contribution in [0.1, 0.15) is 0 Å². The van der Waals surface area contributed by atoms with Crippen molar-refractivity contribution in [1.29, 1.82) is 0 Å². The van der Waals surface area contributed by atoms with E-state index in [1.807, 2.05) is 0 Å². The lowest BCUT2D eigenvalue weighted by molar-refractivity contribution is -0.115. The highest BCUT2D eigenvalue weighted by atomic mass is 127. The van der Waals surface area contributed by atoms with Crippen molar-refractivity contribution in [2.75, 3.05) is 25.5 Å². The van der Waals surface area contributed by atoms with E-state index < -0.39 is 0 Å². The zero-order chi connectivity index (χ0) is 13.2. The largest absolute Gasteiger partial charge is 0.353 e. The van der Waals surface area contributed by atoms with Crippen molar-refractivity contribution >= 4 is 41.5 Å². The van der Waals surface area contributed by atoms with Crippen LogP contribution in [0.4, 0.5) is 5.69 Å². The lowest BCUT2D eigenvalue weighted by atomic mass is 10.4. The van der Waals surface area contributed by atoms with Crippen LogP contribution in [0.2, 0.25) is 0 Å². The van der Waals surface area contributed by atoms with Gasteiger partial charge in [-0.3, -0.25) is 14.8 Å². The Morgan fingerprint density at radius 3 is 2.89 bits per heavy atom. The van der Waals surface area contributed by atoms with Crippen LogP contribution >= 0.6 is 24.0 Å². The van der Waals surface area contributed by atoms with E-state index in [4.69, 9.17) is 0 Å². The molecule has 1 aromatic rings. The molecule has 0 saturated heterocycles. The first-order valence-corrected chi connectivity index (χ1v) is 5.51. The molecular weight excluding hydrogens is 357 g/mol. The smallest absolute Gasteiger partial charge is 0.243 e. The quantitative estimate of drug-likeness (QED) is 0.311. The molecule has 3 N–H and O–H groups in total. The Morgan fingerprint density at radius 2 is 2.32 bits per heavy atom. The number of aromatic nitrogens is 1. The number of nitrogens with zero attached hydrogens (tertiary/aromatic N) is 2. The number of amides is 1. The summed E-state index contributed by atoms with van der Waals surface area (Å²) in [4.78, 5) is 19.5. The second-order valence-electron chi connectivity index (χ2n) is 3.39. The molecule has 1 heterocycles. The summed E-state index contributed by atoms with van der Waals surface area (Å²) in [6, 6.07) is 3.53. The third kappa shape index (κ3) is 7.39. The van der Waals surface area contributed by atoms with Gasteiger partial charge in [0.2, 0.25) is 5.91 Å². The summed E-state index contributed by atoms with van der Waals surface area (Å²) in [6.45, 7) is 4.30. The normalized spacial score (nSPS) is 10.1. The molecule has 6 nitrogen and oxygen atoms in total. The maximum Gasteiger partial charge on any atom is 0.243 e. The standard InChI is InChI=1S/C12H17N5O.HI/c1-3-6-15-12(13-2)16-9-11(18)17-10-5-4-7-14-8-10;/h3-5,7-8H,1,6,9H2,2H3,(H,17,18)(H2,13,15,16);1H. The molecule has 0 aromatic carbocycles. The van der Waals surface area contributed by atoms with Gasteiger partial charge >= 0.3 is 0 Å². The summed E-state index contributed by atoms with van der Waals surface area (Å²) < 4.78 is 0. The summed E-state index contributed by atoms with van der Waals surface area (Å²) in [5, 5.41) is 8.56. The van der Waals surface area contributed by atoms with Crippen molar-refractivity contribution in [1.82, 2.24) is 15.6 Å². The SMILES string of the molecule is C=CCNC(=NC)NCC(=O)Nc1cccnc1.I. The van der Waals surface area contributed by atoms with Gasteiger partial charge in [0, 0.05) is 19.8 Å². The zero-order valence-electron chi connectivity index (χ0n) is 10.7. The molecule has 0 aliphatic heterocycles. The van der Waals surface area contributed by atoms with Crippen molar-refractivity contribution in [3.8, 4) is 0 Å². The number of hydrogen-bond donors (Lipinski definition) is 3. The van der Waals surface area contributed by atoms with E-state index in [1.54, 1.807) is 37.7 Å². The Bertz CT molecular complexity index is 421. The molecule has 19 heavy (non-hydrogen) atoms. The molecule has 1 amide bonds. The predicted molar refractivity (Wildman–Crippen MR) is 87.8 cm³/mol. The van der Waals surface area contributed by atoms with Crippen LogP contribution in [0.15, 0.2) is 42.2 Å². The van der Waals surface area contributed by atoms with E-state index in [-0.39, 0.29) is 36.4 Å². The van der Waals surface area contributed by atoms with Gasteiger partial charge in [-0.15, -0.1) is 30.6 Å². The number of carbonyl (C=O) groups is 1. The first kappa shape index (κ1) is 17.4. The Morgan fingerprint density at radius 1 is 1.53 bits per heavy atom. The zero-order valence-corrected chi connectivity index (χ0v) is 13.0. The lowest BCUT2D eigenvalue weighted by Crippen LogP contribution is -2.41. The van der Waals surface area contributed by atoms with Gasteiger partial charge in [-0.05, 0) is 12.1 Å². The number of nitrogens with one attached hydrogen (secondary N) is 3. The van der Waals surface area contributed by atoms with Crippen molar-refractivity contribution in [2.24, 2.45) is 4.99 Å². The highest BCUT2D eigenvalue weighted by Crippen LogP contribution is 2.01. The number of rotatable bonds is 5. The molecule has 1 rings (SSSR count). The van der Waals surface area contributed by atoms with Gasteiger partial charge in [0.05, 0.1) is 18.4 Å². The average Bonchev–Trinajstić information content (AvgIpc) is 2.40. The third-order valence-corrected chi connectivity index (χ3v) is 2.00. The minimum absolute atomic E-state index is 0. The van der Waals surface area contributed by atoms with E-state index in [9.17, 15) is 4.79 Å². The second kappa shape index (κ2) is 10.3. The molecule has 0 unspecified atom stereocenters. The van der Waals surface area contributed by atoms with Crippen molar-refractivity contribution in [3.63, 3.8) is 0 Å². The molecule has 0 atom stereocenters. The number of aliphatic imine (C=N–C) groups is 1. The van der Waals surface area contributed by atoms with E-state index >= 15 is 0 Å². The van der Waals surface area contributed by atoms with Crippen LogP contribution < -0.4 is 16.0 Å². The molecule has 0 saturated carbocycles. The fourth-order valence-electron chi connectivity index (χ4n) is 1.20. The van der Waals surface area contributed by atoms with Gasteiger partial charge in [-0.25, -0.2) is 0 Å². The summed E-state index contributed by atoms with van der Waals surface area (Å²) >= 11 is 0. The van der Waals surface area contributed by atoms with Crippen molar-refractivity contribution in [2.45, 2.75) is 0 Å². The van der Waals surface area contributed by atoms with Gasteiger partial charge in [0.1, 0.15) is 0 Å². The molecule has 0 aliphatic rings. The second-order valence-corrected chi connectivity index (χ2v) is 3.39. The topological polar surface area (TPSA) is 78.4 Å².